The average Bonchev–Trinajstić information content (AvgIpc) is 3.67. The molecular formula is C29H26N2O6S2. The average molecular weight is 563 g/mol. The van der Waals surface area contributed by atoms with Crippen LogP contribution in [0, 0.1) is 0 Å². The van der Waals surface area contributed by atoms with Crippen LogP contribution in [0.15, 0.2) is 77.9 Å². The SMILES string of the molecule is C=CCOc1ccc(C2C(C(=O)c3cccs3)=C(O)C(=O)N2c2nc3ccc(OCC)cc3s2)cc1OCC. The van der Waals surface area contributed by atoms with Gasteiger partial charge < -0.3 is 19.3 Å². The number of anilines is 1. The lowest BCUT2D eigenvalue weighted by Crippen LogP contribution is -2.31. The highest BCUT2D eigenvalue weighted by Crippen LogP contribution is 2.46. The second-order valence-corrected chi connectivity index (χ2v) is 10.4. The number of carbonyl (C=O) groups is 2. The Hall–Kier alpha value is -4.15. The third kappa shape index (κ3) is 5.00. The zero-order valence-electron chi connectivity index (χ0n) is 21.4. The summed E-state index contributed by atoms with van der Waals surface area (Å²) in [6.45, 7) is 8.62. The third-order valence-electron chi connectivity index (χ3n) is 6.00. The van der Waals surface area contributed by atoms with E-state index in [1.807, 2.05) is 32.0 Å². The van der Waals surface area contributed by atoms with Crippen molar-refractivity contribution in [3.05, 3.63) is 88.3 Å². The van der Waals surface area contributed by atoms with E-state index in [0.29, 0.717) is 51.6 Å². The van der Waals surface area contributed by atoms with Gasteiger partial charge in [-0.15, -0.1) is 11.3 Å². The van der Waals surface area contributed by atoms with Crippen LogP contribution in [-0.2, 0) is 4.79 Å². The molecule has 0 radical (unpaired) electrons. The van der Waals surface area contributed by atoms with E-state index >= 15 is 0 Å². The van der Waals surface area contributed by atoms with Crippen LogP contribution in [-0.4, -0.2) is 41.6 Å². The van der Waals surface area contributed by atoms with Crippen molar-refractivity contribution in [2.45, 2.75) is 19.9 Å². The summed E-state index contributed by atoms with van der Waals surface area (Å²) in [7, 11) is 0. The van der Waals surface area contributed by atoms with Crippen LogP contribution in [0.2, 0.25) is 0 Å². The van der Waals surface area contributed by atoms with Gasteiger partial charge in [0.05, 0.1) is 39.9 Å². The number of aliphatic hydroxyl groups excluding tert-OH is 1. The Morgan fingerprint density at radius 1 is 1.10 bits per heavy atom. The maximum atomic E-state index is 13.6. The number of carbonyl (C=O) groups excluding carboxylic acids is 2. The molecule has 39 heavy (non-hydrogen) atoms. The molecule has 0 bridgehead atoms. The first kappa shape index (κ1) is 26.5. The Kier molecular flexibility index (Phi) is 7.67. The molecule has 1 aliphatic heterocycles. The predicted octanol–water partition coefficient (Wildman–Crippen LogP) is 6.50. The molecule has 0 spiro atoms. The van der Waals surface area contributed by atoms with Gasteiger partial charge in [0.1, 0.15) is 12.4 Å². The van der Waals surface area contributed by atoms with Crippen molar-refractivity contribution in [3.8, 4) is 17.2 Å². The minimum atomic E-state index is -0.938. The van der Waals surface area contributed by atoms with Gasteiger partial charge in [-0.2, -0.15) is 0 Å². The number of amides is 1. The normalized spacial score (nSPS) is 15.2. The van der Waals surface area contributed by atoms with Gasteiger partial charge in [-0.25, -0.2) is 4.98 Å². The Bertz CT molecular complexity index is 1570. The Morgan fingerprint density at radius 2 is 1.92 bits per heavy atom. The summed E-state index contributed by atoms with van der Waals surface area (Å²) in [6, 6.07) is 13.2. The molecule has 1 N–H and O–H groups in total. The largest absolute Gasteiger partial charge is 0.503 e. The fourth-order valence-corrected chi connectivity index (χ4v) is 6.07. The first-order chi connectivity index (χ1) is 19.0. The quantitative estimate of drug-likeness (QED) is 0.165. The van der Waals surface area contributed by atoms with Crippen molar-refractivity contribution in [1.82, 2.24) is 4.98 Å². The van der Waals surface area contributed by atoms with Gasteiger partial charge in [-0.3, -0.25) is 14.5 Å². The number of hydrogen-bond acceptors (Lipinski definition) is 9. The summed E-state index contributed by atoms with van der Waals surface area (Å²) in [5, 5.41) is 13.2. The van der Waals surface area contributed by atoms with Crippen molar-refractivity contribution in [1.29, 1.82) is 0 Å². The highest BCUT2D eigenvalue weighted by molar-refractivity contribution is 7.22. The topological polar surface area (TPSA) is 98.2 Å². The molecule has 1 aliphatic rings. The van der Waals surface area contributed by atoms with Crippen molar-refractivity contribution in [2.24, 2.45) is 0 Å². The van der Waals surface area contributed by atoms with E-state index in [1.165, 1.54) is 27.6 Å². The van der Waals surface area contributed by atoms with Gasteiger partial charge in [0.25, 0.3) is 5.91 Å². The zero-order valence-corrected chi connectivity index (χ0v) is 23.0. The van der Waals surface area contributed by atoms with Gasteiger partial charge in [-0.05, 0) is 61.2 Å². The smallest absolute Gasteiger partial charge is 0.296 e. The Morgan fingerprint density at radius 3 is 2.64 bits per heavy atom. The molecule has 4 aromatic rings. The lowest BCUT2D eigenvalue weighted by molar-refractivity contribution is -0.117. The summed E-state index contributed by atoms with van der Waals surface area (Å²) in [6.07, 6.45) is 1.63. The number of hydrogen-bond donors (Lipinski definition) is 1. The Balaban J connectivity index is 1.65. The van der Waals surface area contributed by atoms with Crippen molar-refractivity contribution >= 4 is 49.7 Å². The van der Waals surface area contributed by atoms with Crippen LogP contribution < -0.4 is 19.1 Å². The number of aromatic nitrogens is 1. The van der Waals surface area contributed by atoms with Gasteiger partial charge in [0.2, 0.25) is 5.78 Å². The molecule has 1 amide bonds. The number of ether oxygens (including phenoxy) is 3. The maximum absolute atomic E-state index is 13.6. The third-order valence-corrected chi connectivity index (χ3v) is 7.89. The fourth-order valence-electron chi connectivity index (χ4n) is 4.37. The molecule has 0 fully saturated rings. The van der Waals surface area contributed by atoms with E-state index in [-0.39, 0.29) is 12.2 Å². The number of aliphatic hydroxyl groups is 1. The number of thiazole rings is 1. The molecule has 2 aromatic carbocycles. The number of fused-ring (bicyclic) bond motifs is 1. The molecule has 2 aromatic heterocycles. The zero-order chi connectivity index (χ0) is 27.5. The molecule has 8 nitrogen and oxygen atoms in total. The molecule has 1 atom stereocenters. The minimum Gasteiger partial charge on any atom is -0.503 e. The molecule has 3 heterocycles. The van der Waals surface area contributed by atoms with Crippen LogP contribution >= 0.6 is 22.7 Å². The monoisotopic (exact) mass is 562 g/mol. The van der Waals surface area contributed by atoms with Crippen molar-refractivity contribution in [2.75, 3.05) is 24.7 Å². The molecule has 5 rings (SSSR count). The summed E-state index contributed by atoms with van der Waals surface area (Å²) in [5.74, 6) is -0.0848. The van der Waals surface area contributed by atoms with Crippen LogP contribution in [0.3, 0.4) is 0 Å². The minimum absolute atomic E-state index is 0.0149. The molecule has 0 saturated carbocycles. The maximum Gasteiger partial charge on any atom is 0.296 e. The number of nitrogens with zero attached hydrogens (tertiary/aromatic N) is 2. The van der Waals surface area contributed by atoms with Crippen LogP contribution in [0.4, 0.5) is 5.13 Å². The van der Waals surface area contributed by atoms with E-state index in [1.54, 1.807) is 41.8 Å². The standard InChI is InChI=1S/C29H26N2O6S2/c1-4-13-37-20-12-9-17(15-21(20)36-6-3)25-24(26(32)22-8-7-14-38-22)27(33)28(34)31(25)29-30-19-11-10-18(35-5-2)16-23(19)39-29/h4,7-12,14-16,25,33H,1,5-6,13H2,2-3H3. The molecule has 1 unspecified atom stereocenters. The van der Waals surface area contributed by atoms with E-state index in [9.17, 15) is 14.7 Å². The molecule has 10 heteroatoms. The first-order valence-corrected chi connectivity index (χ1v) is 14.0. The van der Waals surface area contributed by atoms with Crippen molar-refractivity contribution < 1.29 is 28.9 Å². The van der Waals surface area contributed by atoms with Crippen LogP contribution in [0.1, 0.15) is 35.1 Å². The molecule has 200 valence electrons. The molecule has 0 aliphatic carbocycles. The second-order valence-electron chi connectivity index (χ2n) is 8.44. The van der Waals surface area contributed by atoms with Crippen LogP contribution in [0.5, 0.6) is 17.2 Å². The predicted molar refractivity (Wildman–Crippen MR) is 153 cm³/mol. The molecular weight excluding hydrogens is 536 g/mol. The van der Waals surface area contributed by atoms with E-state index < -0.39 is 23.5 Å². The first-order valence-electron chi connectivity index (χ1n) is 12.4. The van der Waals surface area contributed by atoms with E-state index in [0.717, 1.165) is 4.70 Å². The fraction of sp³-hybridized carbons (Fsp3) is 0.207. The van der Waals surface area contributed by atoms with Crippen molar-refractivity contribution in [3.63, 3.8) is 0 Å². The van der Waals surface area contributed by atoms with E-state index in [2.05, 4.69) is 11.6 Å². The van der Waals surface area contributed by atoms with Gasteiger partial charge in [0, 0.05) is 0 Å². The van der Waals surface area contributed by atoms with Gasteiger partial charge in [-0.1, -0.05) is 36.1 Å². The number of rotatable bonds is 11. The number of Topliss-reactive ketones (excluding diaryl/α,β-unsaturated/α-hetero) is 1. The van der Waals surface area contributed by atoms with Gasteiger partial charge >= 0.3 is 0 Å². The summed E-state index contributed by atoms with van der Waals surface area (Å²) >= 11 is 2.52. The summed E-state index contributed by atoms with van der Waals surface area (Å²) in [5.41, 5.74) is 1.22. The highest BCUT2D eigenvalue weighted by Gasteiger charge is 2.46. The highest BCUT2D eigenvalue weighted by atomic mass is 32.1. The Labute approximate surface area is 233 Å². The lowest BCUT2D eigenvalue weighted by Gasteiger charge is -2.25. The van der Waals surface area contributed by atoms with E-state index in [4.69, 9.17) is 14.2 Å². The van der Waals surface area contributed by atoms with Crippen LogP contribution in [0.25, 0.3) is 10.2 Å². The lowest BCUT2D eigenvalue weighted by atomic mass is 9.95. The summed E-state index contributed by atoms with van der Waals surface area (Å²) in [4.78, 5) is 33.7. The molecule has 0 saturated heterocycles. The second kappa shape index (κ2) is 11.3. The number of thiophene rings is 1. The number of ketones is 1. The summed E-state index contributed by atoms with van der Waals surface area (Å²) < 4.78 is 18.0. The van der Waals surface area contributed by atoms with Gasteiger partial charge in [0.15, 0.2) is 22.4 Å². The number of benzene rings is 2.